The van der Waals surface area contributed by atoms with E-state index >= 15 is 0 Å². The molecule has 6 nitrogen and oxygen atoms in total. The van der Waals surface area contributed by atoms with Crippen LogP contribution in [0.2, 0.25) is 0 Å². The number of nitrogens with one attached hydrogen (secondary N) is 2. The lowest BCUT2D eigenvalue weighted by molar-refractivity contribution is -0.123. The summed E-state index contributed by atoms with van der Waals surface area (Å²) in [6, 6.07) is 6.86. The van der Waals surface area contributed by atoms with E-state index in [0.717, 1.165) is 18.4 Å². The Morgan fingerprint density at radius 1 is 1.07 bits per heavy atom. The molecular formula is C21H35N3O3S. The Morgan fingerprint density at radius 2 is 1.64 bits per heavy atom. The van der Waals surface area contributed by atoms with Crippen molar-refractivity contribution in [3.63, 3.8) is 0 Å². The van der Waals surface area contributed by atoms with Crippen LogP contribution < -0.4 is 10.6 Å². The van der Waals surface area contributed by atoms with Crippen LogP contribution in [0.5, 0.6) is 0 Å². The van der Waals surface area contributed by atoms with Crippen LogP contribution in [-0.4, -0.2) is 43.8 Å². The molecule has 1 aromatic carbocycles. The molecule has 0 aromatic heterocycles. The second-order valence-corrected chi connectivity index (χ2v) is 9.55. The van der Waals surface area contributed by atoms with Gasteiger partial charge in [-0.05, 0) is 44.4 Å². The second kappa shape index (κ2) is 10.4. The fourth-order valence-electron chi connectivity index (χ4n) is 3.76. The minimum absolute atomic E-state index is 0.0273. The van der Waals surface area contributed by atoms with Gasteiger partial charge in [0.25, 0.3) is 0 Å². The molecule has 0 saturated heterocycles. The van der Waals surface area contributed by atoms with E-state index in [4.69, 9.17) is 0 Å². The molecule has 1 aromatic rings. The van der Waals surface area contributed by atoms with E-state index in [-0.39, 0.29) is 18.0 Å². The molecule has 1 aliphatic rings. The first-order chi connectivity index (χ1) is 13.3. The van der Waals surface area contributed by atoms with Gasteiger partial charge in [0.15, 0.2) is 0 Å². The number of amides is 1. The van der Waals surface area contributed by atoms with Crippen LogP contribution in [0.25, 0.3) is 0 Å². The predicted molar refractivity (Wildman–Crippen MR) is 113 cm³/mol. The van der Waals surface area contributed by atoms with E-state index in [2.05, 4.69) is 10.6 Å². The zero-order valence-electron chi connectivity index (χ0n) is 17.6. The van der Waals surface area contributed by atoms with Gasteiger partial charge in [0.05, 0.1) is 10.9 Å². The van der Waals surface area contributed by atoms with Gasteiger partial charge in [0.1, 0.15) is 0 Å². The first kappa shape index (κ1) is 22.8. The van der Waals surface area contributed by atoms with E-state index in [1.54, 1.807) is 12.1 Å². The van der Waals surface area contributed by atoms with Crippen molar-refractivity contribution in [1.29, 1.82) is 0 Å². The quantitative estimate of drug-likeness (QED) is 0.656. The molecule has 158 valence electrons. The molecule has 0 aliphatic heterocycles. The Labute approximate surface area is 170 Å². The number of hydrogen-bond donors (Lipinski definition) is 2. The molecule has 1 aliphatic carbocycles. The summed E-state index contributed by atoms with van der Waals surface area (Å²) in [4.78, 5) is 12.7. The smallest absolute Gasteiger partial charge is 0.243 e. The number of carbonyl (C=O) groups excluding carboxylic acids is 1. The third-order valence-electron chi connectivity index (χ3n) is 5.57. The lowest BCUT2D eigenvalue weighted by atomic mass is 9.95. The summed E-state index contributed by atoms with van der Waals surface area (Å²) < 4.78 is 26.6. The maximum absolute atomic E-state index is 12.6. The second-order valence-electron chi connectivity index (χ2n) is 7.61. The highest BCUT2D eigenvalue weighted by Gasteiger charge is 2.23. The van der Waals surface area contributed by atoms with Crippen molar-refractivity contribution in [3.05, 3.63) is 29.8 Å². The molecule has 0 unspecified atom stereocenters. The van der Waals surface area contributed by atoms with Gasteiger partial charge < -0.3 is 5.32 Å². The summed E-state index contributed by atoms with van der Waals surface area (Å²) in [5.41, 5.74) is 0.954. The Hall–Kier alpha value is -1.44. The third-order valence-corrected chi connectivity index (χ3v) is 7.63. The zero-order chi connectivity index (χ0) is 20.7. The zero-order valence-corrected chi connectivity index (χ0v) is 18.4. The van der Waals surface area contributed by atoms with Crippen LogP contribution in [0.4, 0.5) is 0 Å². The summed E-state index contributed by atoms with van der Waals surface area (Å²) in [7, 11) is -3.45. The highest BCUT2D eigenvalue weighted by atomic mass is 32.2. The molecule has 0 bridgehead atoms. The van der Waals surface area contributed by atoms with Crippen molar-refractivity contribution in [3.8, 4) is 0 Å². The van der Waals surface area contributed by atoms with Crippen molar-refractivity contribution in [1.82, 2.24) is 14.9 Å². The summed E-state index contributed by atoms with van der Waals surface area (Å²) in [5, 5.41) is 6.46. The van der Waals surface area contributed by atoms with Gasteiger partial charge in [-0.2, -0.15) is 4.31 Å². The maximum atomic E-state index is 12.6. The average molecular weight is 410 g/mol. The summed E-state index contributed by atoms with van der Waals surface area (Å²) in [6.07, 6.45) is 5.77. The van der Waals surface area contributed by atoms with E-state index in [9.17, 15) is 13.2 Å². The molecule has 2 atom stereocenters. The highest BCUT2D eigenvalue weighted by molar-refractivity contribution is 7.89. The minimum atomic E-state index is -3.45. The van der Waals surface area contributed by atoms with E-state index < -0.39 is 10.0 Å². The number of sulfonamides is 1. The molecule has 0 heterocycles. The van der Waals surface area contributed by atoms with Crippen LogP contribution in [0.1, 0.15) is 71.4 Å². The predicted octanol–water partition coefficient (Wildman–Crippen LogP) is 3.21. The van der Waals surface area contributed by atoms with Crippen LogP contribution in [-0.2, 0) is 14.8 Å². The third kappa shape index (κ3) is 5.78. The Bertz CT molecular complexity index is 724. The Balaban J connectivity index is 1.96. The van der Waals surface area contributed by atoms with Crippen molar-refractivity contribution in [2.75, 3.05) is 13.1 Å². The van der Waals surface area contributed by atoms with Crippen LogP contribution in [0, 0.1) is 0 Å². The molecule has 0 radical (unpaired) electrons. The molecule has 1 saturated carbocycles. The van der Waals surface area contributed by atoms with Gasteiger partial charge in [0.2, 0.25) is 15.9 Å². The molecule has 2 rings (SSSR count). The van der Waals surface area contributed by atoms with Gasteiger partial charge in [0, 0.05) is 25.2 Å². The van der Waals surface area contributed by atoms with Crippen molar-refractivity contribution in [2.45, 2.75) is 82.8 Å². The van der Waals surface area contributed by atoms with E-state index in [1.807, 2.05) is 39.8 Å². The molecule has 0 spiro atoms. The lowest BCUT2D eigenvalue weighted by Gasteiger charge is -2.26. The Morgan fingerprint density at radius 3 is 2.18 bits per heavy atom. The van der Waals surface area contributed by atoms with Gasteiger partial charge in [-0.3, -0.25) is 10.1 Å². The van der Waals surface area contributed by atoms with E-state index in [1.165, 1.54) is 23.6 Å². The lowest BCUT2D eigenvalue weighted by Crippen LogP contribution is -2.47. The SMILES string of the molecule is CCN(CC)S(=O)(=O)c1ccc([C@@H](C)N[C@H](C)C(=O)NC2CCCCC2)cc1. The van der Waals surface area contributed by atoms with Gasteiger partial charge in [-0.15, -0.1) is 0 Å². The molecule has 1 amide bonds. The Kier molecular flexibility index (Phi) is 8.46. The first-order valence-electron chi connectivity index (χ1n) is 10.5. The van der Waals surface area contributed by atoms with E-state index in [0.29, 0.717) is 24.0 Å². The van der Waals surface area contributed by atoms with Crippen molar-refractivity contribution in [2.24, 2.45) is 0 Å². The van der Waals surface area contributed by atoms with Crippen LogP contribution >= 0.6 is 0 Å². The van der Waals surface area contributed by atoms with Crippen molar-refractivity contribution >= 4 is 15.9 Å². The van der Waals surface area contributed by atoms with Gasteiger partial charge in [-0.25, -0.2) is 8.42 Å². The maximum Gasteiger partial charge on any atom is 0.243 e. The van der Waals surface area contributed by atoms with Crippen molar-refractivity contribution < 1.29 is 13.2 Å². The standard InChI is InChI=1S/C21H35N3O3S/c1-5-24(6-2)28(26,27)20-14-12-18(13-15-20)16(3)22-17(4)21(25)23-19-10-8-7-9-11-19/h12-17,19,22H,5-11H2,1-4H3,(H,23,25)/t16-,17-/m1/s1. The number of rotatable bonds is 9. The summed E-state index contributed by atoms with van der Waals surface area (Å²) >= 11 is 0. The summed E-state index contributed by atoms with van der Waals surface area (Å²) in [5.74, 6) is 0.0273. The topological polar surface area (TPSA) is 78.5 Å². The molecule has 2 N–H and O–H groups in total. The largest absolute Gasteiger partial charge is 0.352 e. The molecule has 28 heavy (non-hydrogen) atoms. The van der Waals surface area contributed by atoms with Crippen LogP contribution in [0.15, 0.2) is 29.2 Å². The molecule has 1 fully saturated rings. The summed E-state index contributed by atoms with van der Waals surface area (Å²) in [6.45, 7) is 8.42. The molecular weight excluding hydrogens is 374 g/mol. The molecule has 7 heteroatoms. The normalized spacial score (nSPS) is 18.0. The fourth-order valence-corrected chi connectivity index (χ4v) is 5.22. The number of benzene rings is 1. The van der Waals surface area contributed by atoms with Gasteiger partial charge in [-0.1, -0.05) is 45.2 Å². The number of carbonyl (C=O) groups is 1. The average Bonchev–Trinajstić information content (AvgIpc) is 2.69. The fraction of sp³-hybridized carbons (Fsp3) is 0.667. The monoisotopic (exact) mass is 409 g/mol. The highest BCUT2D eigenvalue weighted by Crippen LogP contribution is 2.20. The van der Waals surface area contributed by atoms with Gasteiger partial charge >= 0.3 is 0 Å². The van der Waals surface area contributed by atoms with Crippen LogP contribution in [0.3, 0.4) is 0 Å². The number of hydrogen-bond acceptors (Lipinski definition) is 4. The first-order valence-corrected chi connectivity index (χ1v) is 11.9. The number of nitrogens with zero attached hydrogens (tertiary/aromatic N) is 1. The minimum Gasteiger partial charge on any atom is -0.352 e.